The van der Waals surface area contributed by atoms with Crippen LogP contribution < -0.4 is 4.90 Å². The third-order valence-corrected chi connectivity index (χ3v) is 5.71. The molecule has 0 aliphatic carbocycles. The van der Waals surface area contributed by atoms with Crippen LogP contribution in [0.1, 0.15) is 25.1 Å². The molecular weight excluding hydrogens is 378 g/mol. The lowest BCUT2D eigenvalue weighted by atomic mass is 10.2. The minimum absolute atomic E-state index is 0.540. The summed E-state index contributed by atoms with van der Waals surface area (Å²) in [6.45, 7) is 6.48. The third-order valence-electron chi connectivity index (χ3n) is 5.71. The Labute approximate surface area is 177 Å². The number of carbonyl (C=O) groups is 1. The molecule has 0 radical (unpaired) electrons. The third kappa shape index (κ3) is 4.94. The van der Waals surface area contributed by atoms with Crippen molar-refractivity contribution in [2.75, 3.05) is 50.7 Å². The number of anilines is 1. The van der Waals surface area contributed by atoms with E-state index < -0.39 is 0 Å². The molecule has 4 heterocycles. The van der Waals surface area contributed by atoms with Crippen molar-refractivity contribution in [1.82, 2.24) is 24.8 Å². The van der Waals surface area contributed by atoms with Gasteiger partial charge in [-0.15, -0.1) is 0 Å². The molecule has 2 N–H and O–H groups in total. The Balaban J connectivity index is 1.38. The highest BCUT2D eigenvalue weighted by atomic mass is 16.1. The minimum Gasteiger partial charge on any atom is -0.357 e. The summed E-state index contributed by atoms with van der Waals surface area (Å²) in [6.07, 6.45) is 9.37. The second-order valence-electron chi connectivity index (χ2n) is 7.76. The van der Waals surface area contributed by atoms with E-state index in [9.17, 15) is 4.79 Å². The summed E-state index contributed by atoms with van der Waals surface area (Å²) in [5.74, 6) is 2.23. The first kappa shape index (κ1) is 20.3. The van der Waals surface area contributed by atoms with Crippen LogP contribution in [-0.4, -0.2) is 82.7 Å². The van der Waals surface area contributed by atoms with Crippen LogP contribution in [-0.2, 0) is 4.79 Å². The van der Waals surface area contributed by atoms with Gasteiger partial charge < -0.3 is 19.6 Å². The number of rotatable bonds is 7. The number of hydrogen-bond acceptors (Lipinski definition) is 6. The zero-order valence-electron chi connectivity index (χ0n) is 17.3. The van der Waals surface area contributed by atoms with E-state index in [0.29, 0.717) is 12.3 Å². The fourth-order valence-electron chi connectivity index (χ4n) is 3.96. The van der Waals surface area contributed by atoms with Gasteiger partial charge in [-0.25, -0.2) is 9.97 Å². The van der Waals surface area contributed by atoms with Crippen molar-refractivity contribution in [2.45, 2.75) is 19.3 Å². The van der Waals surface area contributed by atoms with Gasteiger partial charge in [0.05, 0.1) is 17.6 Å². The number of H-pyrrole nitrogens is 1. The summed E-state index contributed by atoms with van der Waals surface area (Å²) in [7, 11) is 0. The summed E-state index contributed by atoms with van der Waals surface area (Å²) in [5, 5.41) is 8.16. The van der Waals surface area contributed by atoms with E-state index in [0.717, 1.165) is 88.0 Å². The number of amidine groups is 1. The SMILES string of the molecule is N=C(/C=C\c1ncc(-c2cccc(N3CCN(CCC=O)CC3)n2)[nH]1)N1CCCC1. The van der Waals surface area contributed by atoms with Gasteiger partial charge in [-0.3, -0.25) is 10.3 Å². The van der Waals surface area contributed by atoms with Crippen LogP contribution in [0.2, 0.25) is 0 Å². The molecule has 2 aromatic heterocycles. The molecular formula is C22H29N7O. The maximum atomic E-state index is 10.6. The van der Waals surface area contributed by atoms with Crippen molar-refractivity contribution >= 4 is 24.0 Å². The summed E-state index contributed by atoms with van der Waals surface area (Å²) in [4.78, 5) is 29.8. The van der Waals surface area contributed by atoms with Crippen LogP contribution in [0.4, 0.5) is 5.82 Å². The number of likely N-dealkylation sites (tertiary alicyclic amines) is 1. The van der Waals surface area contributed by atoms with Crippen molar-refractivity contribution in [2.24, 2.45) is 0 Å². The second kappa shape index (κ2) is 9.67. The molecule has 2 saturated heterocycles. The van der Waals surface area contributed by atoms with Crippen molar-refractivity contribution in [3.05, 3.63) is 36.3 Å². The Morgan fingerprint density at radius 1 is 1.13 bits per heavy atom. The fourth-order valence-corrected chi connectivity index (χ4v) is 3.96. The lowest BCUT2D eigenvalue weighted by Gasteiger charge is -2.35. The lowest BCUT2D eigenvalue weighted by Crippen LogP contribution is -2.47. The Kier molecular flexibility index (Phi) is 6.53. The summed E-state index contributed by atoms with van der Waals surface area (Å²) < 4.78 is 0. The zero-order chi connectivity index (χ0) is 20.8. The summed E-state index contributed by atoms with van der Waals surface area (Å²) in [6, 6.07) is 6.05. The first-order chi connectivity index (χ1) is 14.7. The van der Waals surface area contributed by atoms with Gasteiger partial charge in [-0.05, 0) is 37.1 Å². The minimum atomic E-state index is 0.540. The van der Waals surface area contributed by atoms with Gasteiger partial charge in [0.1, 0.15) is 23.8 Å². The topological polar surface area (TPSA) is 92.2 Å². The fraction of sp³-hybridized carbons (Fsp3) is 0.455. The summed E-state index contributed by atoms with van der Waals surface area (Å²) >= 11 is 0. The predicted octanol–water partition coefficient (Wildman–Crippen LogP) is 2.27. The number of carbonyl (C=O) groups excluding carboxylic acids is 1. The van der Waals surface area contributed by atoms with Gasteiger partial charge in [-0.2, -0.15) is 0 Å². The molecule has 0 spiro atoms. The lowest BCUT2D eigenvalue weighted by molar-refractivity contribution is -0.108. The predicted molar refractivity (Wildman–Crippen MR) is 119 cm³/mol. The van der Waals surface area contributed by atoms with E-state index in [1.54, 1.807) is 6.20 Å². The molecule has 2 fully saturated rings. The molecule has 0 saturated carbocycles. The van der Waals surface area contributed by atoms with Crippen molar-refractivity contribution in [3.63, 3.8) is 0 Å². The van der Waals surface area contributed by atoms with Crippen molar-refractivity contribution in [3.8, 4) is 11.4 Å². The van der Waals surface area contributed by atoms with E-state index in [-0.39, 0.29) is 0 Å². The number of aromatic amines is 1. The number of nitrogens with zero attached hydrogens (tertiary/aromatic N) is 5. The van der Waals surface area contributed by atoms with E-state index in [1.165, 1.54) is 0 Å². The smallest absolute Gasteiger partial charge is 0.130 e. The number of imidazole rings is 1. The van der Waals surface area contributed by atoms with Crippen LogP contribution in [0.5, 0.6) is 0 Å². The van der Waals surface area contributed by atoms with Crippen molar-refractivity contribution in [1.29, 1.82) is 5.41 Å². The maximum Gasteiger partial charge on any atom is 0.130 e. The first-order valence-electron chi connectivity index (χ1n) is 10.7. The van der Waals surface area contributed by atoms with E-state index in [2.05, 4.69) is 24.7 Å². The molecule has 2 aliphatic heterocycles. The highest BCUT2D eigenvalue weighted by molar-refractivity contribution is 5.93. The molecule has 4 rings (SSSR count). The van der Waals surface area contributed by atoms with Crippen LogP contribution in [0, 0.1) is 5.41 Å². The molecule has 30 heavy (non-hydrogen) atoms. The Bertz CT molecular complexity index is 892. The number of aromatic nitrogens is 3. The monoisotopic (exact) mass is 407 g/mol. The van der Waals surface area contributed by atoms with Crippen LogP contribution in [0.3, 0.4) is 0 Å². The molecule has 0 bridgehead atoms. The Morgan fingerprint density at radius 2 is 1.93 bits per heavy atom. The average molecular weight is 408 g/mol. The Hall–Kier alpha value is -3.00. The highest BCUT2D eigenvalue weighted by Gasteiger charge is 2.18. The molecule has 2 aliphatic rings. The van der Waals surface area contributed by atoms with Crippen LogP contribution >= 0.6 is 0 Å². The average Bonchev–Trinajstić information content (AvgIpc) is 3.49. The molecule has 0 amide bonds. The Morgan fingerprint density at radius 3 is 2.70 bits per heavy atom. The van der Waals surface area contributed by atoms with Gasteiger partial charge >= 0.3 is 0 Å². The van der Waals surface area contributed by atoms with Crippen molar-refractivity contribution < 1.29 is 4.79 Å². The molecule has 2 aromatic rings. The standard InChI is InChI=1S/C22H29N7O/c23-20(28-10-1-2-11-28)7-8-21-24-17-19(25-21)18-5-3-6-22(26-18)29-14-12-27(13-15-29)9-4-16-30/h3,5-8,16-17,23H,1-2,4,9-15H2,(H,24,25)/b8-7-,23-20?. The molecule has 8 nitrogen and oxygen atoms in total. The zero-order valence-corrected chi connectivity index (χ0v) is 17.3. The number of piperazine rings is 1. The quantitative estimate of drug-likeness (QED) is 0.416. The number of pyridine rings is 1. The van der Waals surface area contributed by atoms with E-state index >= 15 is 0 Å². The maximum absolute atomic E-state index is 10.6. The van der Waals surface area contributed by atoms with Gasteiger partial charge in [0.15, 0.2) is 0 Å². The van der Waals surface area contributed by atoms with E-state index in [4.69, 9.17) is 10.4 Å². The van der Waals surface area contributed by atoms with Crippen LogP contribution in [0.15, 0.2) is 30.5 Å². The number of hydrogen-bond donors (Lipinski definition) is 2. The molecule has 0 atom stereocenters. The first-order valence-corrected chi connectivity index (χ1v) is 10.7. The molecule has 0 aromatic carbocycles. The molecule has 0 unspecified atom stereocenters. The van der Waals surface area contributed by atoms with E-state index in [1.807, 2.05) is 30.4 Å². The number of nitrogens with one attached hydrogen (secondary N) is 2. The van der Waals surface area contributed by atoms with Crippen LogP contribution in [0.25, 0.3) is 17.5 Å². The summed E-state index contributed by atoms with van der Waals surface area (Å²) in [5.41, 5.74) is 1.73. The molecule has 8 heteroatoms. The second-order valence-corrected chi connectivity index (χ2v) is 7.76. The van der Waals surface area contributed by atoms with Gasteiger partial charge in [0, 0.05) is 52.2 Å². The van der Waals surface area contributed by atoms with Gasteiger partial charge in [-0.1, -0.05) is 6.07 Å². The van der Waals surface area contributed by atoms with Gasteiger partial charge in [0.25, 0.3) is 0 Å². The number of aldehydes is 1. The highest BCUT2D eigenvalue weighted by Crippen LogP contribution is 2.21. The normalized spacial score (nSPS) is 17.7. The van der Waals surface area contributed by atoms with Gasteiger partial charge in [0.2, 0.25) is 0 Å². The molecule has 158 valence electrons. The largest absolute Gasteiger partial charge is 0.357 e.